The SMILES string of the molecule is C=S(=C)(N)N. The molecule has 0 aromatic heterocycles. The first-order valence-corrected chi connectivity index (χ1v) is 3.15. The van der Waals surface area contributed by atoms with Gasteiger partial charge in [-0.3, -0.25) is 10.3 Å². The average molecular weight is 92.2 g/mol. The molecule has 0 aromatic carbocycles. The maximum atomic E-state index is 4.99. The van der Waals surface area contributed by atoms with Crippen LogP contribution in [0.15, 0.2) is 0 Å². The van der Waals surface area contributed by atoms with E-state index in [1.54, 1.807) is 0 Å². The minimum atomic E-state index is -1.67. The molecule has 0 saturated heterocycles. The van der Waals surface area contributed by atoms with Gasteiger partial charge in [-0.1, -0.05) is 11.7 Å². The van der Waals surface area contributed by atoms with Crippen LogP contribution >= 0.6 is 9.58 Å². The molecule has 0 aliphatic heterocycles. The van der Waals surface area contributed by atoms with Crippen LogP contribution in [-0.4, -0.2) is 11.7 Å². The van der Waals surface area contributed by atoms with Crippen molar-refractivity contribution in [3.63, 3.8) is 0 Å². The monoisotopic (exact) mass is 92.0 g/mol. The lowest BCUT2D eigenvalue weighted by molar-refractivity contribution is 1.89. The molecule has 32 valence electrons. The predicted octanol–water partition coefficient (Wildman–Crippen LogP) is -0.598. The second kappa shape index (κ2) is 1.01. The first-order valence-electron chi connectivity index (χ1n) is 1.05. The molecule has 0 aromatic rings. The van der Waals surface area contributed by atoms with Gasteiger partial charge in [0.25, 0.3) is 0 Å². The molecular weight excluding hydrogens is 84.1 g/mol. The number of nitrogens with two attached hydrogens (primary N) is 2. The summed E-state index contributed by atoms with van der Waals surface area (Å²) in [4.78, 5) is 0. The summed E-state index contributed by atoms with van der Waals surface area (Å²) in [7, 11) is -1.67. The molecule has 0 spiro atoms. The first kappa shape index (κ1) is 5.01. The van der Waals surface area contributed by atoms with E-state index in [0.717, 1.165) is 0 Å². The highest BCUT2D eigenvalue weighted by Crippen LogP contribution is 1.83. The highest BCUT2D eigenvalue weighted by atomic mass is 32.2. The van der Waals surface area contributed by atoms with Crippen LogP contribution in [0, 0.1) is 0 Å². The van der Waals surface area contributed by atoms with Crippen LogP contribution in [0.2, 0.25) is 0 Å². The summed E-state index contributed by atoms with van der Waals surface area (Å²) < 4.78 is 0. The minimum Gasteiger partial charge on any atom is -0.278 e. The topological polar surface area (TPSA) is 52.0 Å². The van der Waals surface area contributed by atoms with E-state index >= 15 is 0 Å². The van der Waals surface area contributed by atoms with E-state index in [1.807, 2.05) is 0 Å². The quantitative estimate of drug-likeness (QED) is 0.392. The molecule has 0 unspecified atom stereocenters. The van der Waals surface area contributed by atoms with Gasteiger partial charge in [0, 0.05) is 0 Å². The smallest absolute Gasteiger partial charge is 0.0546 e. The Morgan fingerprint density at radius 1 is 1.20 bits per heavy atom. The zero-order valence-electron chi connectivity index (χ0n) is 2.98. The third-order valence-corrected chi connectivity index (χ3v) is 0. The average Bonchev–Trinajstić information content (AvgIpc) is 0.722. The number of hydrogen-bond donors (Lipinski definition) is 2. The fourth-order valence-electron chi connectivity index (χ4n) is 0. The van der Waals surface area contributed by atoms with Gasteiger partial charge >= 0.3 is 0 Å². The molecule has 0 saturated carbocycles. The predicted molar refractivity (Wildman–Crippen MR) is 30.2 cm³/mol. The maximum Gasteiger partial charge on any atom is -0.0546 e. The Hall–Kier alpha value is 0.01000. The van der Waals surface area contributed by atoms with Crippen LogP contribution in [0.5, 0.6) is 0 Å². The van der Waals surface area contributed by atoms with Gasteiger partial charge in [0.2, 0.25) is 0 Å². The molecule has 0 rings (SSSR count). The molecule has 2 nitrogen and oxygen atoms in total. The Kier molecular flexibility index (Phi) is 1.01. The van der Waals surface area contributed by atoms with Crippen LogP contribution in [0.1, 0.15) is 0 Å². The molecule has 0 aliphatic rings. The lowest BCUT2D eigenvalue weighted by Gasteiger charge is -1.89. The van der Waals surface area contributed by atoms with Gasteiger partial charge in [-0.25, -0.2) is 0 Å². The fourth-order valence-corrected chi connectivity index (χ4v) is 0. The van der Waals surface area contributed by atoms with Gasteiger partial charge in [-0.2, -0.15) is 0 Å². The van der Waals surface area contributed by atoms with E-state index in [1.165, 1.54) is 0 Å². The van der Waals surface area contributed by atoms with Crippen LogP contribution in [-0.2, 0) is 0 Å². The van der Waals surface area contributed by atoms with Crippen molar-refractivity contribution in [3.8, 4) is 0 Å². The van der Waals surface area contributed by atoms with Crippen LogP contribution in [0.3, 0.4) is 0 Å². The van der Waals surface area contributed by atoms with Crippen molar-refractivity contribution in [2.45, 2.75) is 0 Å². The van der Waals surface area contributed by atoms with Crippen molar-refractivity contribution in [3.05, 3.63) is 0 Å². The standard InChI is InChI=1S/C2H8N2S/c1-5(2,3)4/h1-4H2. The molecule has 3 heteroatoms. The summed E-state index contributed by atoms with van der Waals surface area (Å²) in [5, 5.41) is 9.99. The zero-order valence-corrected chi connectivity index (χ0v) is 3.79. The fraction of sp³-hybridized carbons (Fsp3) is 0. The largest absolute Gasteiger partial charge is 0.278 e. The van der Waals surface area contributed by atoms with Gasteiger partial charge in [-0.15, -0.1) is 9.58 Å². The molecule has 0 radical (unpaired) electrons. The minimum absolute atomic E-state index is 1.67. The van der Waals surface area contributed by atoms with Gasteiger partial charge in [0.15, 0.2) is 0 Å². The van der Waals surface area contributed by atoms with Crippen molar-refractivity contribution < 1.29 is 0 Å². The van der Waals surface area contributed by atoms with E-state index in [9.17, 15) is 0 Å². The Labute approximate surface area is 32.5 Å². The third kappa shape index (κ3) is 162000. The first-order chi connectivity index (χ1) is 2.00. The summed E-state index contributed by atoms with van der Waals surface area (Å²) in [5.74, 6) is 6.60. The molecule has 0 amide bonds. The third-order valence-electron chi connectivity index (χ3n) is 0. The molecule has 0 atom stereocenters. The normalized spacial score (nSPS) is 11.6. The van der Waals surface area contributed by atoms with Crippen molar-refractivity contribution in [2.75, 3.05) is 0 Å². The van der Waals surface area contributed by atoms with Crippen molar-refractivity contribution in [1.29, 1.82) is 0 Å². The van der Waals surface area contributed by atoms with E-state index in [0.29, 0.717) is 0 Å². The van der Waals surface area contributed by atoms with Crippen LogP contribution < -0.4 is 10.3 Å². The summed E-state index contributed by atoms with van der Waals surface area (Å²) in [6.07, 6.45) is 0. The summed E-state index contributed by atoms with van der Waals surface area (Å²) in [5.41, 5.74) is 0. The number of rotatable bonds is 0. The Morgan fingerprint density at radius 3 is 1.20 bits per heavy atom. The maximum absolute atomic E-state index is 4.99. The van der Waals surface area contributed by atoms with E-state index in [4.69, 9.17) is 10.3 Å². The highest BCUT2D eigenvalue weighted by Gasteiger charge is 1.58. The van der Waals surface area contributed by atoms with Gasteiger partial charge in [-0.05, 0) is 0 Å². The Morgan fingerprint density at radius 2 is 1.20 bits per heavy atom. The van der Waals surface area contributed by atoms with Crippen LogP contribution in [0.25, 0.3) is 0 Å². The molecule has 5 heavy (non-hydrogen) atoms. The Bertz CT molecular complexity index is 90.8. The van der Waals surface area contributed by atoms with Crippen molar-refractivity contribution in [1.82, 2.24) is 0 Å². The second-order valence-corrected chi connectivity index (χ2v) is 3.02. The lowest BCUT2D eigenvalue weighted by Crippen LogP contribution is -1.99. The lowest BCUT2D eigenvalue weighted by atomic mass is 12.0. The molecule has 0 fully saturated rings. The molecule has 0 heterocycles. The zero-order chi connectivity index (χ0) is 4.50. The van der Waals surface area contributed by atoms with Crippen molar-refractivity contribution in [2.24, 2.45) is 10.3 Å². The molecule has 4 N–H and O–H groups in total. The van der Waals surface area contributed by atoms with Gasteiger partial charge < -0.3 is 0 Å². The summed E-state index contributed by atoms with van der Waals surface area (Å²) in [6, 6.07) is 0. The summed E-state index contributed by atoms with van der Waals surface area (Å²) in [6.45, 7) is 0. The molecule has 0 aliphatic carbocycles. The summed E-state index contributed by atoms with van der Waals surface area (Å²) >= 11 is 0. The number of hydrogen-bond acceptors (Lipinski definition) is 2. The van der Waals surface area contributed by atoms with E-state index in [-0.39, 0.29) is 0 Å². The molecular formula is C2H8N2S. The van der Waals surface area contributed by atoms with E-state index < -0.39 is 9.58 Å². The highest BCUT2D eigenvalue weighted by molar-refractivity contribution is 8.24. The van der Waals surface area contributed by atoms with Gasteiger partial charge in [0.1, 0.15) is 0 Å². The second-order valence-electron chi connectivity index (χ2n) is 1.01. The Balaban J connectivity index is 4.06. The van der Waals surface area contributed by atoms with Crippen molar-refractivity contribution >= 4 is 21.3 Å². The van der Waals surface area contributed by atoms with Gasteiger partial charge in [0.05, 0.1) is 0 Å². The van der Waals surface area contributed by atoms with Crippen LogP contribution in [0.4, 0.5) is 0 Å². The van der Waals surface area contributed by atoms with E-state index in [2.05, 4.69) is 11.7 Å². The molecule has 0 bridgehead atoms.